The molecule has 2 aromatic carbocycles. The molecule has 3 rings (SSSR count). The molecule has 0 N–H and O–H groups in total. The van der Waals surface area contributed by atoms with Crippen LogP contribution in [0.1, 0.15) is 24.0 Å². The Morgan fingerprint density at radius 3 is 2.32 bits per heavy atom. The van der Waals surface area contributed by atoms with E-state index in [0.29, 0.717) is 18.7 Å². The molecule has 1 saturated heterocycles. The lowest BCUT2D eigenvalue weighted by molar-refractivity contribution is 0.0926. The van der Waals surface area contributed by atoms with Gasteiger partial charge in [0.25, 0.3) is 0 Å². The van der Waals surface area contributed by atoms with Gasteiger partial charge < -0.3 is 9.64 Å². The van der Waals surface area contributed by atoms with E-state index in [1.165, 1.54) is 28.6 Å². The van der Waals surface area contributed by atoms with Crippen molar-refractivity contribution in [2.24, 2.45) is 0 Å². The summed E-state index contributed by atoms with van der Waals surface area (Å²) in [6, 6.07) is 15.9. The lowest BCUT2D eigenvalue weighted by Crippen LogP contribution is -2.37. The molecule has 1 heterocycles. The highest BCUT2D eigenvalue weighted by Gasteiger charge is 2.29. The fraction of sp³-hybridized carbons (Fsp3) is 0.381. The highest BCUT2D eigenvalue weighted by Crippen LogP contribution is 2.23. The number of anilines is 1. The minimum atomic E-state index is -3.70. The second-order valence-electron chi connectivity index (χ2n) is 7.13. The van der Waals surface area contributed by atoms with Gasteiger partial charge in [0.1, 0.15) is 0 Å². The third-order valence-electron chi connectivity index (χ3n) is 4.86. The number of sulfonamides is 1. The van der Waals surface area contributed by atoms with Crippen LogP contribution in [0.2, 0.25) is 0 Å². The Balaban J connectivity index is 1.87. The van der Waals surface area contributed by atoms with E-state index in [4.69, 9.17) is 10.00 Å². The summed E-state index contributed by atoms with van der Waals surface area (Å²) in [4.78, 5) is 2.19. The second kappa shape index (κ2) is 8.74. The minimum absolute atomic E-state index is 0.0887. The molecule has 1 fully saturated rings. The van der Waals surface area contributed by atoms with E-state index in [2.05, 4.69) is 0 Å². The monoisotopic (exact) mass is 399 g/mol. The first-order chi connectivity index (χ1) is 13.4. The average molecular weight is 400 g/mol. The van der Waals surface area contributed by atoms with Gasteiger partial charge in [0.15, 0.2) is 0 Å². The predicted molar refractivity (Wildman–Crippen MR) is 108 cm³/mol. The van der Waals surface area contributed by atoms with Crippen molar-refractivity contribution in [1.29, 1.82) is 5.26 Å². The van der Waals surface area contributed by atoms with Crippen molar-refractivity contribution in [3.8, 4) is 6.07 Å². The lowest BCUT2D eigenvalue weighted by atomic mass is 10.2. The molecule has 0 aliphatic carbocycles. The number of nitriles is 1. The Kier molecular flexibility index (Phi) is 6.35. The molecule has 1 aliphatic rings. The summed E-state index contributed by atoms with van der Waals surface area (Å²) >= 11 is 0. The molecule has 2 aromatic rings. The maximum atomic E-state index is 13.3. The number of nitrogens with zero attached hydrogens (tertiary/aromatic N) is 3. The first-order valence-corrected chi connectivity index (χ1v) is 10.7. The Bertz CT molecular complexity index is 926. The molecule has 6 nitrogen and oxygen atoms in total. The van der Waals surface area contributed by atoms with Crippen LogP contribution in [0.3, 0.4) is 0 Å². The van der Waals surface area contributed by atoms with Crippen molar-refractivity contribution in [3.63, 3.8) is 0 Å². The smallest absolute Gasteiger partial charge is 0.243 e. The van der Waals surface area contributed by atoms with Crippen molar-refractivity contribution in [3.05, 3.63) is 59.7 Å². The van der Waals surface area contributed by atoms with Gasteiger partial charge in [0.05, 0.1) is 22.6 Å². The van der Waals surface area contributed by atoms with Crippen LogP contribution in [-0.2, 0) is 21.3 Å². The van der Waals surface area contributed by atoms with E-state index < -0.39 is 10.0 Å². The maximum Gasteiger partial charge on any atom is 0.243 e. The van der Waals surface area contributed by atoms with Crippen molar-refractivity contribution in [2.75, 3.05) is 32.1 Å². The Morgan fingerprint density at radius 2 is 1.79 bits per heavy atom. The summed E-state index contributed by atoms with van der Waals surface area (Å²) in [5.41, 5.74) is 2.41. The summed E-state index contributed by atoms with van der Waals surface area (Å²) in [5.74, 6) is 0. The summed E-state index contributed by atoms with van der Waals surface area (Å²) in [6.07, 6.45) is 1.72. The predicted octanol–water partition coefficient (Wildman–Crippen LogP) is 2.99. The van der Waals surface area contributed by atoms with E-state index in [1.807, 2.05) is 49.3 Å². The van der Waals surface area contributed by atoms with E-state index >= 15 is 0 Å². The second-order valence-corrected chi connectivity index (χ2v) is 9.07. The van der Waals surface area contributed by atoms with Crippen molar-refractivity contribution in [2.45, 2.75) is 30.4 Å². The highest BCUT2D eigenvalue weighted by atomic mass is 32.2. The third kappa shape index (κ3) is 4.71. The molecule has 0 radical (unpaired) electrons. The van der Waals surface area contributed by atoms with Gasteiger partial charge in [-0.05, 0) is 54.8 Å². The fourth-order valence-electron chi connectivity index (χ4n) is 3.22. The molecule has 1 aliphatic heterocycles. The van der Waals surface area contributed by atoms with Gasteiger partial charge in [-0.15, -0.1) is 0 Å². The average Bonchev–Trinajstić information content (AvgIpc) is 3.21. The molecule has 0 amide bonds. The number of benzene rings is 2. The minimum Gasteiger partial charge on any atom is -0.378 e. The summed E-state index contributed by atoms with van der Waals surface area (Å²) in [7, 11) is 0.228. The zero-order chi connectivity index (χ0) is 20.1. The quantitative estimate of drug-likeness (QED) is 0.716. The van der Waals surface area contributed by atoms with Crippen LogP contribution in [0.5, 0.6) is 0 Å². The molecule has 0 unspecified atom stereocenters. The van der Waals surface area contributed by atoms with Gasteiger partial charge in [-0.2, -0.15) is 9.57 Å². The van der Waals surface area contributed by atoms with Crippen LogP contribution in [0.4, 0.5) is 5.69 Å². The van der Waals surface area contributed by atoms with Crippen LogP contribution in [-0.4, -0.2) is 46.1 Å². The van der Waals surface area contributed by atoms with E-state index in [1.54, 1.807) is 0 Å². The van der Waals surface area contributed by atoms with Crippen molar-refractivity contribution < 1.29 is 13.2 Å². The van der Waals surface area contributed by atoms with Crippen LogP contribution < -0.4 is 4.90 Å². The van der Waals surface area contributed by atoms with Gasteiger partial charge in [-0.3, -0.25) is 0 Å². The van der Waals surface area contributed by atoms with E-state index in [0.717, 1.165) is 24.1 Å². The van der Waals surface area contributed by atoms with Gasteiger partial charge in [0.2, 0.25) is 10.0 Å². The molecule has 0 spiro atoms. The van der Waals surface area contributed by atoms with Gasteiger partial charge in [0, 0.05) is 39.5 Å². The largest absolute Gasteiger partial charge is 0.378 e. The molecule has 0 saturated carbocycles. The molecule has 7 heteroatoms. The Hall–Kier alpha value is -2.40. The standard InChI is InChI=1S/C21H25N3O3S/c1-23(2)19-9-5-18(6-10-19)15-24(16-20-4-3-13-27-20)28(25,26)21-11-7-17(14-22)8-12-21/h5-12,20H,3-4,13,15-16H2,1-2H3/t20-/m1/s1. The van der Waals surface area contributed by atoms with Crippen LogP contribution in [0.15, 0.2) is 53.4 Å². The molecule has 148 valence electrons. The Labute approximate surface area is 167 Å². The summed E-state index contributed by atoms with van der Waals surface area (Å²) in [5, 5.41) is 8.96. The molecule has 1 atom stereocenters. The van der Waals surface area contributed by atoms with Crippen molar-refractivity contribution in [1.82, 2.24) is 4.31 Å². The van der Waals surface area contributed by atoms with Crippen LogP contribution in [0, 0.1) is 11.3 Å². The highest BCUT2D eigenvalue weighted by molar-refractivity contribution is 7.89. The number of ether oxygens (including phenoxy) is 1. The van der Waals surface area contributed by atoms with E-state index in [9.17, 15) is 8.42 Å². The third-order valence-corrected chi connectivity index (χ3v) is 6.69. The number of hydrogen-bond donors (Lipinski definition) is 0. The molecular weight excluding hydrogens is 374 g/mol. The lowest BCUT2D eigenvalue weighted by Gasteiger charge is -2.25. The molecule has 28 heavy (non-hydrogen) atoms. The zero-order valence-corrected chi connectivity index (χ0v) is 17.0. The zero-order valence-electron chi connectivity index (χ0n) is 16.2. The number of hydrogen-bond acceptors (Lipinski definition) is 5. The fourth-order valence-corrected chi connectivity index (χ4v) is 4.68. The molecule has 0 aromatic heterocycles. The van der Waals surface area contributed by atoms with Crippen LogP contribution in [0.25, 0.3) is 0 Å². The first-order valence-electron chi connectivity index (χ1n) is 9.28. The SMILES string of the molecule is CN(C)c1ccc(CN(C[C@H]2CCCO2)S(=O)(=O)c2ccc(C#N)cc2)cc1. The van der Waals surface area contributed by atoms with Crippen molar-refractivity contribution >= 4 is 15.7 Å². The molecular formula is C21H25N3O3S. The van der Waals surface area contributed by atoms with Gasteiger partial charge in [-0.1, -0.05) is 12.1 Å². The molecule has 0 bridgehead atoms. The van der Waals surface area contributed by atoms with Gasteiger partial charge >= 0.3 is 0 Å². The maximum absolute atomic E-state index is 13.3. The number of rotatable bonds is 7. The van der Waals surface area contributed by atoms with E-state index in [-0.39, 0.29) is 17.5 Å². The van der Waals surface area contributed by atoms with Gasteiger partial charge in [-0.25, -0.2) is 8.42 Å². The topological polar surface area (TPSA) is 73.6 Å². The van der Waals surface area contributed by atoms with Crippen LogP contribution >= 0.6 is 0 Å². The summed E-state index contributed by atoms with van der Waals surface area (Å²) in [6.45, 7) is 1.26. The first kappa shape index (κ1) is 20.3. The summed E-state index contributed by atoms with van der Waals surface area (Å²) < 4.78 is 33.7. The normalized spacial score (nSPS) is 16.9. The Morgan fingerprint density at radius 1 is 1.11 bits per heavy atom.